The first-order valence-electron chi connectivity index (χ1n) is 5.91. The summed E-state index contributed by atoms with van der Waals surface area (Å²) in [5.74, 6) is 0. The standard InChI is InChI=1S/C12H19N3O2/c1-11(2,3)17-10(16)15-12(5-4-6-12)9-7-13-8-14-9/h7-8H,4-6H2,1-3H3,(H,13,14)(H,15,16). The molecule has 1 amide bonds. The topological polar surface area (TPSA) is 67.0 Å². The minimum absolute atomic E-state index is 0.307. The van der Waals surface area contributed by atoms with Crippen LogP contribution in [0.2, 0.25) is 0 Å². The van der Waals surface area contributed by atoms with E-state index in [1.165, 1.54) is 0 Å². The van der Waals surface area contributed by atoms with Crippen molar-refractivity contribution in [1.82, 2.24) is 15.3 Å². The minimum Gasteiger partial charge on any atom is -0.444 e. The summed E-state index contributed by atoms with van der Waals surface area (Å²) in [5, 5.41) is 2.96. The molecular weight excluding hydrogens is 218 g/mol. The highest BCUT2D eigenvalue weighted by atomic mass is 16.6. The van der Waals surface area contributed by atoms with E-state index >= 15 is 0 Å². The van der Waals surface area contributed by atoms with E-state index in [1.807, 2.05) is 20.8 Å². The van der Waals surface area contributed by atoms with Gasteiger partial charge in [0.05, 0.1) is 23.8 Å². The maximum absolute atomic E-state index is 11.8. The van der Waals surface area contributed by atoms with Crippen molar-refractivity contribution in [1.29, 1.82) is 0 Å². The van der Waals surface area contributed by atoms with Crippen molar-refractivity contribution in [2.45, 2.75) is 51.2 Å². The van der Waals surface area contributed by atoms with Crippen molar-refractivity contribution >= 4 is 6.09 Å². The molecule has 2 rings (SSSR count). The summed E-state index contributed by atoms with van der Waals surface area (Å²) in [6.45, 7) is 5.57. The van der Waals surface area contributed by atoms with Crippen LogP contribution in [0.3, 0.4) is 0 Å². The second-order valence-corrected chi connectivity index (χ2v) is 5.53. The molecule has 1 aliphatic rings. The molecule has 17 heavy (non-hydrogen) atoms. The third kappa shape index (κ3) is 2.60. The normalized spacial score (nSPS) is 18.3. The van der Waals surface area contributed by atoms with Gasteiger partial charge < -0.3 is 15.0 Å². The summed E-state index contributed by atoms with van der Waals surface area (Å²) in [7, 11) is 0. The van der Waals surface area contributed by atoms with Crippen molar-refractivity contribution in [2.75, 3.05) is 0 Å². The zero-order chi connectivity index (χ0) is 12.5. The number of alkyl carbamates (subject to hydrolysis) is 1. The molecule has 1 heterocycles. The Balaban J connectivity index is 2.04. The predicted molar refractivity (Wildman–Crippen MR) is 63.5 cm³/mol. The molecule has 0 saturated heterocycles. The summed E-state index contributed by atoms with van der Waals surface area (Å²) in [4.78, 5) is 18.9. The van der Waals surface area contributed by atoms with E-state index in [0.29, 0.717) is 0 Å². The number of ether oxygens (including phenoxy) is 1. The summed E-state index contributed by atoms with van der Waals surface area (Å²) in [5.41, 5.74) is 0.177. The van der Waals surface area contributed by atoms with Gasteiger partial charge in [0.15, 0.2) is 0 Å². The van der Waals surface area contributed by atoms with E-state index in [9.17, 15) is 4.79 Å². The van der Waals surface area contributed by atoms with E-state index in [2.05, 4.69) is 15.3 Å². The first kappa shape index (κ1) is 12.0. The Morgan fingerprint density at radius 3 is 2.65 bits per heavy atom. The molecule has 1 aromatic heterocycles. The molecular formula is C12H19N3O2. The molecule has 0 unspecified atom stereocenters. The zero-order valence-electron chi connectivity index (χ0n) is 10.5. The van der Waals surface area contributed by atoms with Crippen LogP contribution in [0.1, 0.15) is 45.7 Å². The number of carbonyl (C=O) groups excluding carboxylic acids is 1. The summed E-state index contributed by atoms with van der Waals surface area (Å²) >= 11 is 0. The fourth-order valence-corrected chi connectivity index (χ4v) is 2.01. The van der Waals surface area contributed by atoms with Gasteiger partial charge in [-0.3, -0.25) is 0 Å². The van der Waals surface area contributed by atoms with Crippen LogP contribution in [0.15, 0.2) is 12.5 Å². The van der Waals surface area contributed by atoms with E-state index in [1.54, 1.807) is 12.5 Å². The molecule has 0 aliphatic heterocycles. The Labute approximate surface area is 101 Å². The Morgan fingerprint density at radius 1 is 1.53 bits per heavy atom. The van der Waals surface area contributed by atoms with Crippen LogP contribution in [0.4, 0.5) is 4.79 Å². The average molecular weight is 237 g/mol. The maximum Gasteiger partial charge on any atom is 0.408 e. The van der Waals surface area contributed by atoms with Crippen molar-refractivity contribution in [3.8, 4) is 0 Å². The minimum atomic E-state index is -0.469. The number of amides is 1. The fourth-order valence-electron chi connectivity index (χ4n) is 2.01. The monoisotopic (exact) mass is 237 g/mol. The van der Waals surface area contributed by atoms with E-state index in [-0.39, 0.29) is 11.6 Å². The van der Waals surface area contributed by atoms with Gasteiger partial charge >= 0.3 is 6.09 Å². The van der Waals surface area contributed by atoms with Crippen LogP contribution in [-0.4, -0.2) is 21.7 Å². The SMILES string of the molecule is CC(C)(C)OC(=O)NC1(c2cnc[nH]2)CCC1. The zero-order valence-corrected chi connectivity index (χ0v) is 10.5. The van der Waals surface area contributed by atoms with Gasteiger partial charge in [-0.15, -0.1) is 0 Å². The Kier molecular flexibility index (Phi) is 2.85. The number of nitrogens with zero attached hydrogens (tertiary/aromatic N) is 1. The second-order valence-electron chi connectivity index (χ2n) is 5.53. The van der Waals surface area contributed by atoms with Crippen molar-refractivity contribution in [2.24, 2.45) is 0 Å². The third-order valence-corrected chi connectivity index (χ3v) is 2.96. The van der Waals surface area contributed by atoms with Gasteiger partial charge in [0.25, 0.3) is 0 Å². The number of H-pyrrole nitrogens is 1. The fraction of sp³-hybridized carbons (Fsp3) is 0.667. The molecule has 1 aromatic rings. The predicted octanol–water partition coefficient (Wildman–Crippen LogP) is 2.31. The van der Waals surface area contributed by atoms with Crippen molar-refractivity contribution < 1.29 is 9.53 Å². The molecule has 5 heteroatoms. The molecule has 94 valence electrons. The summed E-state index contributed by atoms with van der Waals surface area (Å²) in [6, 6.07) is 0. The molecule has 1 aliphatic carbocycles. The van der Waals surface area contributed by atoms with Crippen LogP contribution in [-0.2, 0) is 10.3 Å². The molecule has 0 radical (unpaired) electrons. The quantitative estimate of drug-likeness (QED) is 0.829. The number of aromatic amines is 1. The lowest BCUT2D eigenvalue weighted by Crippen LogP contribution is -2.52. The highest BCUT2D eigenvalue weighted by molar-refractivity contribution is 5.69. The first-order valence-corrected chi connectivity index (χ1v) is 5.91. The van der Waals surface area contributed by atoms with Gasteiger partial charge in [0.2, 0.25) is 0 Å². The van der Waals surface area contributed by atoms with Crippen LogP contribution < -0.4 is 5.32 Å². The van der Waals surface area contributed by atoms with Crippen LogP contribution >= 0.6 is 0 Å². The first-order chi connectivity index (χ1) is 7.91. The second kappa shape index (κ2) is 4.05. The number of nitrogens with one attached hydrogen (secondary N) is 2. The molecule has 5 nitrogen and oxygen atoms in total. The summed E-state index contributed by atoms with van der Waals surface area (Å²) in [6.07, 6.45) is 5.98. The molecule has 1 fully saturated rings. The number of carbonyl (C=O) groups is 1. The van der Waals surface area contributed by atoms with E-state index in [4.69, 9.17) is 4.74 Å². The smallest absolute Gasteiger partial charge is 0.408 e. The molecule has 1 saturated carbocycles. The Bertz CT molecular complexity index is 388. The van der Waals surface area contributed by atoms with Crippen molar-refractivity contribution in [3.63, 3.8) is 0 Å². The van der Waals surface area contributed by atoms with Crippen LogP contribution in [0.25, 0.3) is 0 Å². The Morgan fingerprint density at radius 2 is 2.24 bits per heavy atom. The van der Waals surface area contributed by atoms with Gasteiger partial charge in [-0.25, -0.2) is 9.78 Å². The molecule has 2 N–H and O–H groups in total. The molecule has 0 spiro atoms. The highest BCUT2D eigenvalue weighted by Gasteiger charge is 2.42. The van der Waals surface area contributed by atoms with Crippen LogP contribution in [0, 0.1) is 0 Å². The molecule has 0 atom stereocenters. The number of hydrogen-bond acceptors (Lipinski definition) is 3. The highest BCUT2D eigenvalue weighted by Crippen LogP contribution is 2.40. The maximum atomic E-state index is 11.8. The van der Waals surface area contributed by atoms with Crippen LogP contribution in [0.5, 0.6) is 0 Å². The van der Waals surface area contributed by atoms with Gasteiger partial charge in [-0.1, -0.05) is 0 Å². The van der Waals surface area contributed by atoms with Gasteiger partial charge in [-0.05, 0) is 40.0 Å². The lowest BCUT2D eigenvalue weighted by Gasteiger charge is -2.41. The number of rotatable bonds is 2. The molecule has 0 aromatic carbocycles. The lowest BCUT2D eigenvalue weighted by atomic mass is 9.74. The largest absolute Gasteiger partial charge is 0.444 e. The van der Waals surface area contributed by atoms with Gasteiger partial charge in [0.1, 0.15) is 5.60 Å². The number of hydrogen-bond donors (Lipinski definition) is 2. The van der Waals surface area contributed by atoms with Gasteiger partial charge in [0, 0.05) is 0 Å². The van der Waals surface area contributed by atoms with E-state index < -0.39 is 5.60 Å². The number of aromatic nitrogens is 2. The lowest BCUT2D eigenvalue weighted by molar-refractivity contribution is 0.0372. The summed E-state index contributed by atoms with van der Waals surface area (Å²) < 4.78 is 5.28. The molecule has 0 bridgehead atoms. The third-order valence-electron chi connectivity index (χ3n) is 2.96. The van der Waals surface area contributed by atoms with Crippen molar-refractivity contribution in [3.05, 3.63) is 18.2 Å². The van der Waals surface area contributed by atoms with E-state index in [0.717, 1.165) is 25.0 Å². The average Bonchev–Trinajstić information content (AvgIpc) is 2.60. The number of imidazole rings is 1. The van der Waals surface area contributed by atoms with Gasteiger partial charge in [-0.2, -0.15) is 0 Å². The Hall–Kier alpha value is -1.52.